The van der Waals surface area contributed by atoms with E-state index in [0.717, 1.165) is 22.7 Å². The second kappa shape index (κ2) is 6.43. The molecule has 0 saturated carbocycles. The van der Waals surface area contributed by atoms with Crippen molar-refractivity contribution in [1.82, 2.24) is 15.6 Å². The highest BCUT2D eigenvalue weighted by Gasteiger charge is 2.34. The largest absolute Gasteiger partial charge is 0.384 e. The van der Waals surface area contributed by atoms with Gasteiger partial charge in [0.05, 0.1) is 0 Å². The number of carbonyl (C=O) groups is 1. The van der Waals surface area contributed by atoms with Gasteiger partial charge in [-0.3, -0.25) is 4.79 Å². The minimum Gasteiger partial charge on any atom is -0.384 e. The van der Waals surface area contributed by atoms with Crippen LogP contribution in [0.4, 0.5) is 4.39 Å². The van der Waals surface area contributed by atoms with Gasteiger partial charge in [-0.25, -0.2) is 4.39 Å². The number of hydrogen-bond donors (Lipinski definition) is 3. The molecule has 1 aromatic carbocycles. The summed E-state index contributed by atoms with van der Waals surface area (Å²) >= 11 is 0. The maximum absolute atomic E-state index is 13.7. The first-order chi connectivity index (χ1) is 12.2. The summed E-state index contributed by atoms with van der Waals surface area (Å²) in [6, 6.07) is 10.6. The maximum atomic E-state index is 13.7. The molecule has 1 atom stereocenters. The third-order valence-corrected chi connectivity index (χ3v) is 4.56. The van der Waals surface area contributed by atoms with E-state index in [4.69, 9.17) is 0 Å². The van der Waals surface area contributed by atoms with Crippen molar-refractivity contribution < 1.29 is 9.18 Å². The molecule has 0 bridgehead atoms. The lowest BCUT2D eigenvalue weighted by molar-refractivity contribution is -0.115. The van der Waals surface area contributed by atoms with Gasteiger partial charge in [-0.1, -0.05) is 18.2 Å². The van der Waals surface area contributed by atoms with Crippen LogP contribution in [0.3, 0.4) is 0 Å². The van der Waals surface area contributed by atoms with Gasteiger partial charge in [-0.05, 0) is 42.8 Å². The molecule has 25 heavy (non-hydrogen) atoms. The number of aromatic nitrogens is 1. The van der Waals surface area contributed by atoms with Crippen molar-refractivity contribution in [2.75, 3.05) is 0 Å². The van der Waals surface area contributed by atoms with Crippen LogP contribution >= 0.6 is 0 Å². The average Bonchev–Trinajstić information content (AvgIpc) is 3.23. The van der Waals surface area contributed by atoms with Crippen LogP contribution in [-0.2, 0) is 11.3 Å². The summed E-state index contributed by atoms with van der Waals surface area (Å²) in [5, 5.41) is 6.22. The molecule has 2 heterocycles. The van der Waals surface area contributed by atoms with Crippen LogP contribution in [0.15, 0.2) is 71.7 Å². The zero-order valence-electron chi connectivity index (χ0n) is 13.6. The van der Waals surface area contributed by atoms with Crippen LogP contribution in [-0.4, -0.2) is 10.9 Å². The summed E-state index contributed by atoms with van der Waals surface area (Å²) in [5.74, 6) is -0.272. The van der Waals surface area contributed by atoms with Crippen molar-refractivity contribution in [2.24, 2.45) is 5.92 Å². The molecule has 5 heteroatoms. The highest BCUT2D eigenvalue weighted by atomic mass is 19.1. The van der Waals surface area contributed by atoms with Gasteiger partial charge in [0.1, 0.15) is 5.82 Å². The lowest BCUT2D eigenvalue weighted by Gasteiger charge is -2.20. The number of carbonyl (C=O) groups excluding carboxylic acids is 1. The molecule has 4 rings (SSSR count). The lowest BCUT2D eigenvalue weighted by atomic mass is 9.90. The minimum absolute atomic E-state index is 0.00363. The molecule has 0 radical (unpaired) electrons. The fraction of sp³-hybridized carbons (Fsp3) is 0.150. The first-order valence-corrected chi connectivity index (χ1v) is 8.25. The Morgan fingerprint density at radius 1 is 1.20 bits per heavy atom. The number of H-pyrrole nitrogens is 1. The second-order valence-corrected chi connectivity index (χ2v) is 6.19. The van der Waals surface area contributed by atoms with Crippen LogP contribution < -0.4 is 10.6 Å². The van der Waals surface area contributed by atoms with E-state index in [1.165, 1.54) is 6.07 Å². The van der Waals surface area contributed by atoms with Gasteiger partial charge in [0, 0.05) is 46.9 Å². The second-order valence-electron chi connectivity index (χ2n) is 6.19. The number of amides is 1. The van der Waals surface area contributed by atoms with E-state index in [2.05, 4.69) is 15.6 Å². The van der Waals surface area contributed by atoms with Gasteiger partial charge in [0.25, 0.3) is 5.91 Å². The van der Waals surface area contributed by atoms with Gasteiger partial charge in [-0.15, -0.1) is 0 Å². The minimum atomic E-state index is -0.215. The van der Waals surface area contributed by atoms with Crippen molar-refractivity contribution in [3.8, 4) is 0 Å². The molecule has 2 aliphatic rings. The number of nitrogens with one attached hydrogen (secondary N) is 3. The van der Waals surface area contributed by atoms with Crippen LogP contribution in [0.5, 0.6) is 0 Å². The molecular formula is C20H18FN3O. The maximum Gasteiger partial charge on any atom is 0.252 e. The van der Waals surface area contributed by atoms with Gasteiger partial charge in [0.15, 0.2) is 0 Å². The summed E-state index contributed by atoms with van der Waals surface area (Å²) in [4.78, 5) is 15.4. The van der Waals surface area contributed by atoms with Crippen LogP contribution in [0, 0.1) is 11.7 Å². The van der Waals surface area contributed by atoms with Gasteiger partial charge < -0.3 is 15.6 Å². The monoisotopic (exact) mass is 335 g/mol. The van der Waals surface area contributed by atoms with E-state index >= 15 is 0 Å². The Hall–Kier alpha value is -3.08. The molecule has 1 aromatic heterocycles. The van der Waals surface area contributed by atoms with Crippen LogP contribution in [0.2, 0.25) is 0 Å². The third kappa shape index (κ3) is 3.13. The number of rotatable bonds is 4. The van der Waals surface area contributed by atoms with Crippen molar-refractivity contribution >= 4 is 12.0 Å². The number of fused-ring (bicyclic) bond motifs is 1. The molecule has 126 valence electrons. The lowest BCUT2D eigenvalue weighted by Crippen LogP contribution is -2.20. The number of hydrogen-bond acceptors (Lipinski definition) is 2. The molecule has 4 nitrogen and oxygen atoms in total. The Morgan fingerprint density at radius 3 is 2.88 bits per heavy atom. The van der Waals surface area contributed by atoms with Crippen molar-refractivity contribution in [3.63, 3.8) is 0 Å². The summed E-state index contributed by atoms with van der Waals surface area (Å²) in [5.41, 5.74) is 4.18. The fourth-order valence-corrected chi connectivity index (χ4v) is 3.22. The molecule has 1 amide bonds. The number of allylic oxidation sites excluding steroid dienone is 4. The highest BCUT2D eigenvalue weighted by molar-refractivity contribution is 6.03. The molecule has 1 aliphatic carbocycles. The Morgan fingerprint density at radius 2 is 2.08 bits per heavy atom. The average molecular weight is 335 g/mol. The quantitative estimate of drug-likeness (QED) is 0.751. The molecular weight excluding hydrogens is 317 g/mol. The van der Waals surface area contributed by atoms with Crippen molar-refractivity contribution in [2.45, 2.75) is 13.0 Å². The van der Waals surface area contributed by atoms with E-state index in [0.29, 0.717) is 18.5 Å². The number of benzene rings is 1. The van der Waals surface area contributed by atoms with E-state index < -0.39 is 0 Å². The molecule has 1 fully saturated rings. The topological polar surface area (TPSA) is 56.9 Å². The smallest absolute Gasteiger partial charge is 0.252 e. The number of halogens is 1. The molecule has 1 unspecified atom stereocenters. The number of aromatic amines is 1. The van der Waals surface area contributed by atoms with Gasteiger partial charge >= 0.3 is 0 Å². The van der Waals surface area contributed by atoms with Crippen molar-refractivity contribution in [1.29, 1.82) is 0 Å². The molecule has 1 aliphatic heterocycles. The Labute approximate surface area is 145 Å². The van der Waals surface area contributed by atoms with E-state index in [1.807, 2.05) is 42.6 Å². The zero-order chi connectivity index (χ0) is 17.2. The first-order valence-electron chi connectivity index (χ1n) is 8.25. The Bertz CT molecular complexity index is 893. The predicted molar refractivity (Wildman–Crippen MR) is 94.4 cm³/mol. The van der Waals surface area contributed by atoms with E-state index in [-0.39, 0.29) is 17.6 Å². The van der Waals surface area contributed by atoms with E-state index in [1.54, 1.807) is 12.1 Å². The normalized spacial score (nSPS) is 20.8. The first kappa shape index (κ1) is 15.4. The van der Waals surface area contributed by atoms with E-state index in [9.17, 15) is 9.18 Å². The molecule has 1 saturated heterocycles. The molecule has 0 spiro atoms. The van der Waals surface area contributed by atoms with Gasteiger partial charge in [0.2, 0.25) is 0 Å². The molecule has 3 N–H and O–H groups in total. The Balaban J connectivity index is 1.50. The van der Waals surface area contributed by atoms with Crippen molar-refractivity contribution in [3.05, 3.63) is 88.8 Å². The third-order valence-electron chi connectivity index (χ3n) is 4.56. The summed E-state index contributed by atoms with van der Waals surface area (Å²) in [7, 11) is 0. The standard InChI is InChI=1S/C20H18FN3O/c21-18-6-2-1-4-13(18)12-23-15-7-8-19-16(10-15)17(20(25)24-19)11-14-5-3-9-22-14/h1-9,11,16,22-23H,10,12H2,(H,24,25)/b17-11-. The van der Waals surface area contributed by atoms with Crippen LogP contribution in [0.1, 0.15) is 17.7 Å². The fourth-order valence-electron chi connectivity index (χ4n) is 3.22. The van der Waals surface area contributed by atoms with Gasteiger partial charge in [-0.2, -0.15) is 0 Å². The summed E-state index contributed by atoms with van der Waals surface area (Å²) < 4.78 is 13.7. The Kier molecular flexibility index (Phi) is 3.98. The summed E-state index contributed by atoms with van der Waals surface area (Å²) in [6.07, 6.45) is 8.28. The molecule has 2 aromatic rings. The summed E-state index contributed by atoms with van der Waals surface area (Å²) in [6.45, 7) is 0.422. The van der Waals surface area contributed by atoms with Crippen LogP contribution in [0.25, 0.3) is 6.08 Å². The zero-order valence-corrected chi connectivity index (χ0v) is 13.6. The SMILES string of the molecule is O=C1NC2=CC=C(NCc3ccccc3F)CC2/C1=C/c1ccc[nH]1. The predicted octanol–water partition coefficient (Wildman–Crippen LogP) is 3.24. The highest BCUT2D eigenvalue weighted by Crippen LogP contribution is 2.35.